The van der Waals surface area contributed by atoms with E-state index in [9.17, 15) is 4.79 Å². The highest BCUT2D eigenvalue weighted by atomic mass is 16.5. The van der Waals surface area contributed by atoms with Crippen LogP contribution < -0.4 is 0 Å². The van der Waals surface area contributed by atoms with Crippen LogP contribution >= 0.6 is 0 Å². The van der Waals surface area contributed by atoms with Crippen molar-refractivity contribution in [3.8, 4) is 0 Å². The molecular formula is C16H17N5O3. The lowest BCUT2D eigenvalue weighted by atomic mass is 10.0. The number of ether oxygens (including phenoxy) is 1. The summed E-state index contributed by atoms with van der Waals surface area (Å²) in [5.41, 5.74) is 0.424. The van der Waals surface area contributed by atoms with Crippen molar-refractivity contribution in [2.75, 3.05) is 13.1 Å². The summed E-state index contributed by atoms with van der Waals surface area (Å²) in [6.45, 7) is 1.25. The van der Waals surface area contributed by atoms with Crippen LogP contribution in [-0.2, 0) is 4.74 Å². The molecule has 0 spiro atoms. The van der Waals surface area contributed by atoms with Crippen molar-refractivity contribution in [1.82, 2.24) is 25.1 Å². The van der Waals surface area contributed by atoms with Crippen LogP contribution in [0.25, 0.3) is 0 Å². The molecule has 0 aromatic carbocycles. The summed E-state index contributed by atoms with van der Waals surface area (Å²) in [4.78, 5) is 22.1. The Kier molecular flexibility index (Phi) is 3.12. The van der Waals surface area contributed by atoms with Crippen LogP contribution in [0, 0.1) is 5.92 Å². The number of carbonyl (C=O) groups excluding carboxylic acids is 1. The summed E-state index contributed by atoms with van der Waals surface area (Å²) in [6.07, 6.45) is 5.94. The van der Waals surface area contributed by atoms with Gasteiger partial charge in [-0.15, -0.1) is 10.2 Å². The van der Waals surface area contributed by atoms with Gasteiger partial charge in [-0.2, -0.15) is 0 Å². The lowest BCUT2D eigenvalue weighted by molar-refractivity contribution is 0.0221. The van der Waals surface area contributed by atoms with Crippen LogP contribution in [0.15, 0.2) is 23.0 Å². The molecular weight excluding hydrogens is 310 g/mol. The van der Waals surface area contributed by atoms with Gasteiger partial charge in [0.05, 0.1) is 6.10 Å². The molecule has 0 N–H and O–H groups in total. The molecule has 1 saturated carbocycles. The summed E-state index contributed by atoms with van der Waals surface area (Å²) in [6, 6.07) is 1.64. The van der Waals surface area contributed by atoms with Crippen molar-refractivity contribution in [2.45, 2.75) is 37.4 Å². The van der Waals surface area contributed by atoms with Crippen molar-refractivity contribution in [1.29, 1.82) is 0 Å². The third-order valence-corrected chi connectivity index (χ3v) is 4.98. The summed E-state index contributed by atoms with van der Waals surface area (Å²) in [5, 5.41) is 8.27. The van der Waals surface area contributed by atoms with Gasteiger partial charge >= 0.3 is 0 Å². The van der Waals surface area contributed by atoms with E-state index in [1.54, 1.807) is 17.2 Å². The molecule has 8 heteroatoms. The SMILES string of the molecule is O=C(c1ccncn1)N1C[C@H]2C[C@H](c3nnc(C4CC4)o3)O[C@H]2C1. The second-order valence-electron chi connectivity index (χ2n) is 6.72. The first kappa shape index (κ1) is 14.0. The van der Waals surface area contributed by atoms with Gasteiger partial charge in [0.15, 0.2) is 0 Å². The molecule has 3 aliphatic rings. The Morgan fingerprint density at radius 2 is 2.08 bits per heavy atom. The number of likely N-dealkylation sites (tertiary alicyclic amines) is 1. The van der Waals surface area contributed by atoms with Gasteiger partial charge in [0.2, 0.25) is 11.8 Å². The molecule has 3 fully saturated rings. The molecule has 2 aliphatic heterocycles. The average molecular weight is 327 g/mol. The minimum absolute atomic E-state index is 0.0251. The van der Waals surface area contributed by atoms with Gasteiger partial charge < -0.3 is 14.1 Å². The van der Waals surface area contributed by atoms with Crippen molar-refractivity contribution in [2.24, 2.45) is 5.92 Å². The highest BCUT2D eigenvalue weighted by Crippen LogP contribution is 2.43. The molecule has 2 aromatic heterocycles. The van der Waals surface area contributed by atoms with Gasteiger partial charge in [-0.3, -0.25) is 4.79 Å². The number of amides is 1. The number of rotatable bonds is 3. The van der Waals surface area contributed by atoms with Gasteiger partial charge in [0, 0.05) is 31.1 Å². The van der Waals surface area contributed by atoms with E-state index >= 15 is 0 Å². The quantitative estimate of drug-likeness (QED) is 0.839. The molecule has 24 heavy (non-hydrogen) atoms. The number of nitrogens with zero attached hydrogens (tertiary/aromatic N) is 5. The zero-order chi connectivity index (χ0) is 16.1. The lowest BCUT2D eigenvalue weighted by Crippen LogP contribution is -2.31. The largest absolute Gasteiger partial charge is 0.422 e. The van der Waals surface area contributed by atoms with Crippen molar-refractivity contribution in [3.63, 3.8) is 0 Å². The molecule has 0 radical (unpaired) electrons. The van der Waals surface area contributed by atoms with Crippen LogP contribution in [0.4, 0.5) is 0 Å². The van der Waals surface area contributed by atoms with E-state index in [0.29, 0.717) is 36.5 Å². The Morgan fingerprint density at radius 3 is 2.83 bits per heavy atom. The minimum Gasteiger partial charge on any atom is -0.422 e. The highest BCUT2D eigenvalue weighted by Gasteiger charge is 2.46. The Bertz CT molecular complexity index is 746. The fourth-order valence-corrected chi connectivity index (χ4v) is 3.54. The summed E-state index contributed by atoms with van der Waals surface area (Å²) in [5.74, 6) is 2.01. The molecule has 0 bridgehead atoms. The van der Waals surface area contributed by atoms with Gasteiger partial charge in [0.25, 0.3) is 5.91 Å². The monoisotopic (exact) mass is 327 g/mol. The molecule has 3 atom stereocenters. The van der Waals surface area contributed by atoms with Crippen LogP contribution in [0.2, 0.25) is 0 Å². The van der Waals surface area contributed by atoms with E-state index in [1.165, 1.54) is 6.33 Å². The van der Waals surface area contributed by atoms with Crippen molar-refractivity contribution in [3.05, 3.63) is 36.1 Å². The first-order valence-electron chi connectivity index (χ1n) is 8.32. The average Bonchev–Trinajstić information content (AvgIpc) is 3.04. The standard InChI is InChI=1S/C16H17N5O3/c22-16(11-3-4-17-8-18-11)21-6-10-5-12(23-13(10)7-21)15-20-19-14(24-15)9-1-2-9/h3-4,8-10,12-13H,1-2,5-7H2/t10-,12-,13+/m1/s1. The maximum atomic E-state index is 12.5. The Labute approximate surface area is 138 Å². The number of carbonyl (C=O) groups is 1. The molecule has 1 aliphatic carbocycles. The predicted octanol–water partition coefficient (Wildman–Crippen LogP) is 1.34. The van der Waals surface area contributed by atoms with Crippen molar-refractivity contribution >= 4 is 5.91 Å². The molecule has 1 amide bonds. The lowest BCUT2D eigenvalue weighted by Gasteiger charge is -2.17. The first-order valence-corrected chi connectivity index (χ1v) is 8.32. The molecule has 2 saturated heterocycles. The maximum absolute atomic E-state index is 12.5. The van der Waals surface area contributed by atoms with E-state index in [2.05, 4.69) is 20.2 Å². The van der Waals surface area contributed by atoms with Crippen LogP contribution in [0.1, 0.15) is 53.6 Å². The van der Waals surface area contributed by atoms with E-state index in [-0.39, 0.29) is 18.1 Å². The summed E-state index contributed by atoms with van der Waals surface area (Å²) < 4.78 is 11.8. The highest BCUT2D eigenvalue weighted by molar-refractivity contribution is 5.92. The fourth-order valence-electron chi connectivity index (χ4n) is 3.54. The number of aromatic nitrogens is 4. The Hall–Kier alpha value is -2.35. The van der Waals surface area contributed by atoms with Crippen LogP contribution in [0.3, 0.4) is 0 Å². The Morgan fingerprint density at radius 1 is 1.21 bits per heavy atom. The topological polar surface area (TPSA) is 94.2 Å². The normalized spacial score (nSPS) is 29.0. The number of hydrogen-bond donors (Lipinski definition) is 0. The van der Waals surface area contributed by atoms with E-state index in [4.69, 9.17) is 9.15 Å². The predicted molar refractivity (Wildman–Crippen MR) is 79.9 cm³/mol. The van der Waals surface area contributed by atoms with Gasteiger partial charge in [0.1, 0.15) is 18.1 Å². The van der Waals surface area contributed by atoms with Crippen molar-refractivity contribution < 1.29 is 13.9 Å². The molecule has 5 rings (SSSR count). The molecule has 2 aromatic rings. The van der Waals surface area contributed by atoms with Gasteiger partial charge in [-0.05, 0) is 25.3 Å². The van der Waals surface area contributed by atoms with Crippen LogP contribution in [-0.4, -0.2) is 50.2 Å². The number of fused-ring (bicyclic) bond motifs is 1. The zero-order valence-corrected chi connectivity index (χ0v) is 13.0. The maximum Gasteiger partial charge on any atom is 0.272 e. The van der Waals surface area contributed by atoms with Gasteiger partial charge in [-0.1, -0.05) is 0 Å². The molecule has 124 valence electrons. The van der Waals surface area contributed by atoms with E-state index in [1.807, 2.05) is 0 Å². The summed E-state index contributed by atoms with van der Waals surface area (Å²) >= 11 is 0. The first-order chi connectivity index (χ1) is 11.8. The smallest absolute Gasteiger partial charge is 0.272 e. The molecule has 0 unspecified atom stereocenters. The fraction of sp³-hybridized carbons (Fsp3) is 0.562. The second kappa shape index (κ2) is 5.34. The minimum atomic E-state index is -0.142. The molecule has 8 nitrogen and oxygen atoms in total. The van der Waals surface area contributed by atoms with E-state index < -0.39 is 0 Å². The van der Waals surface area contributed by atoms with Gasteiger partial charge in [-0.25, -0.2) is 9.97 Å². The van der Waals surface area contributed by atoms with Crippen LogP contribution in [0.5, 0.6) is 0 Å². The summed E-state index contributed by atoms with van der Waals surface area (Å²) in [7, 11) is 0. The molecule has 4 heterocycles. The third-order valence-electron chi connectivity index (χ3n) is 4.98. The Balaban J connectivity index is 1.24. The zero-order valence-electron chi connectivity index (χ0n) is 13.0. The third kappa shape index (κ3) is 2.37. The van der Waals surface area contributed by atoms with E-state index in [0.717, 1.165) is 25.2 Å². The number of hydrogen-bond acceptors (Lipinski definition) is 7. The second-order valence-corrected chi connectivity index (χ2v) is 6.72.